The van der Waals surface area contributed by atoms with E-state index in [4.69, 9.17) is 9.72 Å². The number of carbonyl (C=O) groups is 1. The van der Waals surface area contributed by atoms with E-state index in [1.807, 2.05) is 13.1 Å². The second kappa shape index (κ2) is 13.2. The fraction of sp³-hybridized carbons (Fsp3) is 0.417. The third-order valence-electron chi connectivity index (χ3n) is 9.64. The number of nitrogens with one attached hydrogen (secondary N) is 1. The largest absolute Gasteiger partial charge is 0.416 e. The summed E-state index contributed by atoms with van der Waals surface area (Å²) in [5, 5.41) is 21.4. The normalized spacial score (nSPS) is 17.8. The van der Waals surface area contributed by atoms with E-state index in [-0.39, 0.29) is 23.5 Å². The molecular weight excluding hydrogens is 633 g/mol. The van der Waals surface area contributed by atoms with Gasteiger partial charge in [0.25, 0.3) is 5.91 Å². The minimum Gasteiger partial charge on any atom is -0.384 e. The smallest absolute Gasteiger partial charge is 0.384 e. The van der Waals surface area contributed by atoms with Crippen LogP contribution in [0.5, 0.6) is 0 Å². The lowest BCUT2D eigenvalue weighted by molar-refractivity contribution is -0.138. The second-order valence-corrected chi connectivity index (χ2v) is 13.3. The fourth-order valence-electron chi connectivity index (χ4n) is 6.97. The highest BCUT2D eigenvalue weighted by Gasteiger charge is 2.41. The van der Waals surface area contributed by atoms with Gasteiger partial charge >= 0.3 is 6.18 Å². The number of nitriles is 1. The number of likely N-dealkylation sites (tertiary alicyclic amines) is 1. The molecule has 3 aliphatic rings. The number of methoxy groups -OCH3 is 1. The van der Waals surface area contributed by atoms with Crippen LogP contribution in [-0.2, 0) is 31.1 Å². The summed E-state index contributed by atoms with van der Waals surface area (Å²) in [6.07, 6.45) is 1.19. The summed E-state index contributed by atoms with van der Waals surface area (Å²) < 4.78 is 50.8. The lowest BCUT2D eigenvalue weighted by Gasteiger charge is -2.19. The molecule has 49 heavy (non-hydrogen) atoms. The van der Waals surface area contributed by atoms with E-state index < -0.39 is 17.6 Å². The number of fused-ring (bicyclic) bond motifs is 1. The Labute approximate surface area is 282 Å². The van der Waals surface area contributed by atoms with Crippen molar-refractivity contribution in [2.24, 2.45) is 18.9 Å². The molecule has 7 rings (SSSR count). The zero-order chi connectivity index (χ0) is 34.3. The van der Waals surface area contributed by atoms with Crippen molar-refractivity contribution in [1.29, 1.82) is 5.26 Å². The van der Waals surface area contributed by atoms with Gasteiger partial charge in [-0.15, -0.1) is 10.2 Å². The van der Waals surface area contributed by atoms with Crippen LogP contribution >= 0.6 is 0 Å². The molecule has 2 aromatic heterocycles. The average Bonchev–Trinajstić information content (AvgIpc) is 3.47. The molecule has 1 saturated carbocycles. The van der Waals surface area contributed by atoms with E-state index in [1.165, 1.54) is 23.8 Å². The van der Waals surface area contributed by atoms with Crippen molar-refractivity contribution >= 4 is 17.5 Å². The van der Waals surface area contributed by atoms with Gasteiger partial charge in [-0.2, -0.15) is 18.4 Å². The number of amides is 1. The van der Waals surface area contributed by atoms with Crippen LogP contribution in [0.15, 0.2) is 48.8 Å². The third-order valence-corrected chi connectivity index (χ3v) is 9.64. The summed E-state index contributed by atoms with van der Waals surface area (Å²) in [5.41, 5.74) is 2.05. The highest BCUT2D eigenvalue weighted by atomic mass is 19.4. The predicted molar refractivity (Wildman–Crippen MR) is 177 cm³/mol. The van der Waals surface area contributed by atoms with Crippen LogP contribution in [0.25, 0.3) is 22.5 Å². The van der Waals surface area contributed by atoms with E-state index >= 15 is 0 Å². The molecule has 4 aromatic rings. The number of rotatable bonds is 11. The van der Waals surface area contributed by atoms with E-state index in [9.17, 15) is 23.2 Å². The molecule has 254 valence electrons. The Balaban J connectivity index is 1.27. The number of ether oxygens (including phenoxy) is 1. The first-order valence-electron chi connectivity index (χ1n) is 16.5. The van der Waals surface area contributed by atoms with Crippen LogP contribution in [0.2, 0.25) is 0 Å². The molecule has 2 aromatic carbocycles. The van der Waals surface area contributed by atoms with Crippen molar-refractivity contribution < 1.29 is 22.7 Å². The molecule has 1 saturated heterocycles. The van der Waals surface area contributed by atoms with Gasteiger partial charge in [-0.3, -0.25) is 14.6 Å². The molecule has 13 heteroatoms. The standard InChI is InChI=1S/C36H37F3N8O2/c1-45-21-42-44-34(45)27-6-5-23(16-40)11-28(27)26-14-32(41-9-7-22-3-4-22)43-33(15-26)47-19-30-29(35(47)48)12-25(13-31(30)36(37,38)39)18-46-10-8-24(17-46)20-49-2/h5-6,11-15,21-22,24H,3-4,7-10,17-20H2,1-2H3,(H,41,43)/t24-/m1/s1. The van der Waals surface area contributed by atoms with Crippen molar-refractivity contribution in [3.05, 3.63) is 76.6 Å². The highest BCUT2D eigenvalue weighted by molar-refractivity contribution is 6.10. The molecule has 2 aliphatic heterocycles. The summed E-state index contributed by atoms with van der Waals surface area (Å²) in [5.74, 6) is 1.73. The summed E-state index contributed by atoms with van der Waals surface area (Å²) in [6, 6.07) is 13.7. The van der Waals surface area contributed by atoms with Crippen molar-refractivity contribution in [2.75, 3.05) is 43.6 Å². The van der Waals surface area contributed by atoms with Gasteiger partial charge in [-0.05, 0) is 95.9 Å². The lowest BCUT2D eigenvalue weighted by atomic mass is 9.97. The van der Waals surface area contributed by atoms with Gasteiger partial charge < -0.3 is 14.6 Å². The van der Waals surface area contributed by atoms with Gasteiger partial charge in [-0.1, -0.05) is 12.8 Å². The summed E-state index contributed by atoms with van der Waals surface area (Å²) >= 11 is 0. The Morgan fingerprint density at radius 3 is 2.61 bits per heavy atom. The van der Waals surface area contributed by atoms with Gasteiger partial charge in [0.2, 0.25) is 0 Å². The first kappa shape index (κ1) is 32.7. The first-order valence-corrected chi connectivity index (χ1v) is 16.5. The molecule has 1 aliphatic carbocycles. The highest BCUT2D eigenvalue weighted by Crippen LogP contribution is 2.41. The number of aromatic nitrogens is 4. The number of benzene rings is 2. The molecule has 0 bridgehead atoms. The van der Waals surface area contributed by atoms with E-state index in [2.05, 4.69) is 26.5 Å². The van der Waals surface area contributed by atoms with Crippen molar-refractivity contribution in [1.82, 2.24) is 24.6 Å². The SMILES string of the molecule is COC[C@@H]1CCN(Cc2cc3c(c(C(F)(F)F)c2)CN(c2cc(-c4cc(C#N)ccc4-c4nncn4C)cc(NCCC4CC4)n2)C3=O)C1. The molecule has 0 radical (unpaired) electrons. The average molecular weight is 671 g/mol. The number of hydrogen-bond acceptors (Lipinski definition) is 8. The van der Waals surface area contributed by atoms with Crippen LogP contribution in [0.1, 0.15) is 58.3 Å². The minimum absolute atomic E-state index is 0.0409. The summed E-state index contributed by atoms with van der Waals surface area (Å²) in [7, 11) is 3.46. The molecular formula is C36H37F3N8O2. The molecule has 10 nitrogen and oxygen atoms in total. The maximum Gasteiger partial charge on any atom is 0.416 e. The minimum atomic E-state index is -4.65. The monoisotopic (exact) mass is 670 g/mol. The number of halogens is 3. The summed E-state index contributed by atoms with van der Waals surface area (Å²) in [4.78, 5) is 22.3. The fourth-order valence-corrected chi connectivity index (χ4v) is 6.97. The number of nitrogens with zero attached hydrogens (tertiary/aromatic N) is 7. The Morgan fingerprint density at radius 1 is 1.06 bits per heavy atom. The first-order chi connectivity index (χ1) is 23.6. The number of aryl methyl sites for hydroxylation is 1. The van der Waals surface area contributed by atoms with Crippen LogP contribution < -0.4 is 10.2 Å². The Hall–Kier alpha value is -4.80. The van der Waals surface area contributed by atoms with Gasteiger partial charge in [-0.25, -0.2) is 4.98 Å². The summed E-state index contributed by atoms with van der Waals surface area (Å²) in [6.45, 7) is 2.78. The number of pyridine rings is 1. The molecule has 4 heterocycles. The molecule has 1 N–H and O–H groups in total. The van der Waals surface area contributed by atoms with Crippen LogP contribution in [0.3, 0.4) is 0 Å². The van der Waals surface area contributed by atoms with Crippen molar-refractivity contribution in [3.63, 3.8) is 0 Å². The predicted octanol–water partition coefficient (Wildman–Crippen LogP) is 6.28. The number of alkyl halides is 3. The zero-order valence-corrected chi connectivity index (χ0v) is 27.4. The maximum absolute atomic E-state index is 14.6. The molecule has 2 fully saturated rings. The lowest BCUT2D eigenvalue weighted by Crippen LogP contribution is -2.24. The Morgan fingerprint density at radius 2 is 1.90 bits per heavy atom. The van der Waals surface area contributed by atoms with Gasteiger partial charge in [0.15, 0.2) is 5.82 Å². The molecule has 1 atom stereocenters. The van der Waals surface area contributed by atoms with E-state index in [1.54, 1.807) is 48.3 Å². The molecule has 0 unspecified atom stereocenters. The third kappa shape index (κ3) is 6.89. The quantitative estimate of drug-likeness (QED) is 0.199. The van der Waals surface area contributed by atoms with Gasteiger partial charge in [0, 0.05) is 44.9 Å². The Bertz CT molecular complexity index is 1930. The van der Waals surface area contributed by atoms with Gasteiger partial charge in [0.1, 0.15) is 18.0 Å². The zero-order valence-electron chi connectivity index (χ0n) is 27.4. The maximum atomic E-state index is 14.6. The van der Waals surface area contributed by atoms with Crippen LogP contribution in [0, 0.1) is 23.2 Å². The van der Waals surface area contributed by atoms with E-state index in [0.29, 0.717) is 71.0 Å². The van der Waals surface area contributed by atoms with Crippen molar-refractivity contribution in [2.45, 2.75) is 44.9 Å². The topological polar surface area (TPSA) is 112 Å². The number of carbonyl (C=O) groups excluding carboxylic acids is 1. The van der Waals surface area contributed by atoms with Crippen LogP contribution in [0.4, 0.5) is 24.8 Å². The second-order valence-electron chi connectivity index (χ2n) is 13.3. The number of hydrogen-bond donors (Lipinski definition) is 1. The van der Waals surface area contributed by atoms with Crippen LogP contribution in [-0.4, -0.2) is 63.9 Å². The Kier molecular flexibility index (Phi) is 8.85. The van der Waals surface area contributed by atoms with Crippen molar-refractivity contribution in [3.8, 4) is 28.6 Å². The van der Waals surface area contributed by atoms with Gasteiger partial charge in [0.05, 0.1) is 30.3 Å². The van der Waals surface area contributed by atoms with E-state index in [0.717, 1.165) is 25.9 Å². The molecule has 1 amide bonds. The molecule has 0 spiro atoms. The number of anilines is 2.